The molecule has 0 aliphatic carbocycles. The fourth-order valence-corrected chi connectivity index (χ4v) is 2.58. The average molecular weight is 451 g/mol. The lowest BCUT2D eigenvalue weighted by Crippen LogP contribution is -2.43. The number of carbonyl (C=O) groups excluding carboxylic acids is 2. The van der Waals surface area contributed by atoms with Crippen LogP contribution in [0.4, 0.5) is 11.6 Å². The van der Waals surface area contributed by atoms with Gasteiger partial charge in [0.1, 0.15) is 0 Å². The summed E-state index contributed by atoms with van der Waals surface area (Å²) in [4.78, 5) is 31.7. The van der Waals surface area contributed by atoms with Crippen molar-refractivity contribution in [3.8, 4) is 11.5 Å². The molecule has 0 radical (unpaired) electrons. The molecule has 0 fully saturated rings. The lowest BCUT2D eigenvalue weighted by Gasteiger charge is -2.12. The van der Waals surface area contributed by atoms with Crippen molar-refractivity contribution in [2.24, 2.45) is 0 Å². The summed E-state index contributed by atoms with van der Waals surface area (Å²) < 4.78 is 10.4. The fraction of sp³-hybridized carbons (Fsp3) is 0.278. The van der Waals surface area contributed by atoms with Crippen LogP contribution in [0.1, 0.15) is 16.1 Å². The molecule has 2 amide bonds. The maximum Gasteiger partial charge on any atom is 0.280 e. The number of anilines is 2. The van der Waals surface area contributed by atoms with Gasteiger partial charge in [0.25, 0.3) is 5.91 Å². The van der Waals surface area contributed by atoms with Gasteiger partial charge in [-0.25, -0.2) is 9.97 Å². The lowest BCUT2D eigenvalue weighted by atomic mass is 10.1. The molecule has 166 valence electrons. The second kappa shape index (κ2) is 10.8. The van der Waals surface area contributed by atoms with E-state index in [1.807, 2.05) is 0 Å². The van der Waals surface area contributed by atoms with Crippen LogP contribution in [0.5, 0.6) is 11.5 Å². The molecule has 0 aliphatic rings. The van der Waals surface area contributed by atoms with Crippen LogP contribution in [-0.2, 0) is 11.2 Å². The van der Waals surface area contributed by atoms with E-state index < -0.39 is 5.91 Å². The Hall–Kier alpha value is -3.80. The van der Waals surface area contributed by atoms with Crippen LogP contribution in [0, 0.1) is 5.41 Å². The van der Waals surface area contributed by atoms with Gasteiger partial charge < -0.3 is 31.6 Å². The molecule has 31 heavy (non-hydrogen) atoms. The first-order valence-corrected chi connectivity index (χ1v) is 9.32. The van der Waals surface area contributed by atoms with Gasteiger partial charge >= 0.3 is 0 Å². The number of rotatable bonds is 8. The van der Waals surface area contributed by atoms with E-state index in [1.54, 1.807) is 18.2 Å². The zero-order valence-corrected chi connectivity index (χ0v) is 17.7. The Morgan fingerprint density at radius 3 is 2.42 bits per heavy atom. The van der Waals surface area contributed by atoms with Gasteiger partial charge in [-0.15, -0.1) is 0 Å². The molecule has 0 bridgehead atoms. The quantitative estimate of drug-likeness (QED) is 0.181. The number of hydrogen-bond donors (Lipinski definition) is 6. The van der Waals surface area contributed by atoms with Gasteiger partial charge in [0.05, 0.1) is 20.6 Å². The van der Waals surface area contributed by atoms with Crippen molar-refractivity contribution in [2.45, 2.75) is 6.42 Å². The molecule has 2 rings (SSSR count). The first-order valence-electron chi connectivity index (χ1n) is 8.95. The number of nitrogens with zero attached hydrogens (tertiary/aromatic N) is 2. The Bertz CT molecular complexity index is 985. The van der Waals surface area contributed by atoms with Gasteiger partial charge in [-0.3, -0.25) is 20.3 Å². The molecular formula is C18H23ClN8O4. The molecule has 8 N–H and O–H groups in total. The standard InChI is InChI=1S/C18H23ClN8O4/c1-30-10-4-3-9(7-11(10)31-2)8-12(28)23-5-6-24-18(22)27-17(29)13-15(20)26-16(21)14(19)25-13/h3-4,7H,5-6,8H2,1-2H3,(H,23,28)(H4,20,21,26)(H3,22,24,27,29). The third-order valence-corrected chi connectivity index (χ3v) is 4.20. The monoisotopic (exact) mass is 450 g/mol. The van der Waals surface area contributed by atoms with E-state index in [1.165, 1.54) is 14.2 Å². The molecular weight excluding hydrogens is 428 g/mol. The summed E-state index contributed by atoms with van der Waals surface area (Å²) in [6.07, 6.45) is 0.143. The summed E-state index contributed by atoms with van der Waals surface area (Å²) >= 11 is 5.73. The van der Waals surface area contributed by atoms with E-state index >= 15 is 0 Å². The highest BCUT2D eigenvalue weighted by Gasteiger charge is 2.17. The van der Waals surface area contributed by atoms with Crippen molar-refractivity contribution in [1.82, 2.24) is 25.9 Å². The second-order valence-corrected chi connectivity index (χ2v) is 6.46. The Kier molecular flexibility index (Phi) is 8.20. The number of guanidine groups is 1. The lowest BCUT2D eigenvalue weighted by molar-refractivity contribution is -0.120. The average Bonchev–Trinajstić information content (AvgIpc) is 2.73. The fourth-order valence-electron chi connectivity index (χ4n) is 2.45. The summed E-state index contributed by atoms with van der Waals surface area (Å²) in [5, 5.41) is 15.2. The van der Waals surface area contributed by atoms with E-state index in [4.69, 9.17) is 38.0 Å². The molecule has 0 saturated heterocycles. The van der Waals surface area contributed by atoms with Crippen LogP contribution in [0.15, 0.2) is 18.2 Å². The van der Waals surface area contributed by atoms with E-state index in [9.17, 15) is 9.59 Å². The van der Waals surface area contributed by atoms with Crippen molar-refractivity contribution >= 4 is 41.0 Å². The van der Waals surface area contributed by atoms with Crippen molar-refractivity contribution in [3.63, 3.8) is 0 Å². The molecule has 0 aliphatic heterocycles. The number of hydrogen-bond acceptors (Lipinski definition) is 9. The summed E-state index contributed by atoms with van der Waals surface area (Å²) in [6.45, 7) is 0.417. The minimum atomic E-state index is -0.776. The molecule has 1 aromatic heterocycles. The molecule has 2 aromatic rings. The number of nitrogens with two attached hydrogens (primary N) is 2. The number of nitrogens with one attached hydrogen (secondary N) is 4. The first-order chi connectivity index (χ1) is 14.7. The topological polar surface area (TPSA) is 190 Å². The van der Waals surface area contributed by atoms with E-state index in [0.29, 0.717) is 11.5 Å². The predicted molar refractivity (Wildman–Crippen MR) is 115 cm³/mol. The van der Waals surface area contributed by atoms with Crippen molar-refractivity contribution in [1.29, 1.82) is 5.41 Å². The zero-order valence-electron chi connectivity index (χ0n) is 16.9. The molecule has 12 nitrogen and oxygen atoms in total. The van der Waals surface area contributed by atoms with Crippen LogP contribution in [0.25, 0.3) is 0 Å². The number of amides is 2. The Balaban J connectivity index is 1.76. The number of nitrogen functional groups attached to an aromatic ring is 2. The van der Waals surface area contributed by atoms with E-state index in [0.717, 1.165) is 5.56 Å². The maximum absolute atomic E-state index is 12.1. The highest BCUT2D eigenvalue weighted by molar-refractivity contribution is 6.31. The third kappa shape index (κ3) is 6.60. The normalized spacial score (nSPS) is 10.2. The summed E-state index contributed by atoms with van der Waals surface area (Å²) in [5.74, 6) is -0.515. The molecule has 0 unspecified atom stereocenters. The molecule has 0 saturated carbocycles. The predicted octanol–water partition coefficient (Wildman–Crippen LogP) is -0.0753. The number of carbonyl (C=O) groups is 2. The number of methoxy groups -OCH3 is 2. The minimum Gasteiger partial charge on any atom is -0.493 e. The Morgan fingerprint density at radius 1 is 1.06 bits per heavy atom. The number of benzene rings is 1. The zero-order chi connectivity index (χ0) is 23.0. The first kappa shape index (κ1) is 23.5. The smallest absolute Gasteiger partial charge is 0.280 e. The van der Waals surface area contributed by atoms with Crippen molar-refractivity contribution in [2.75, 3.05) is 38.8 Å². The molecule has 13 heteroatoms. The van der Waals surface area contributed by atoms with Gasteiger partial charge in [-0.05, 0) is 17.7 Å². The van der Waals surface area contributed by atoms with Gasteiger partial charge in [-0.1, -0.05) is 17.7 Å². The largest absolute Gasteiger partial charge is 0.493 e. The van der Waals surface area contributed by atoms with Gasteiger partial charge in [0, 0.05) is 13.1 Å². The van der Waals surface area contributed by atoms with Crippen molar-refractivity contribution in [3.05, 3.63) is 34.6 Å². The second-order valence-electron chi connectivity index (χ2n) is 6.11. The molecule has 0 atom stereocenters. The molecule has 1 heterocycles. The van der Waals surface area contributed by atoms with E-state index in [-0.39, 0.29) is 53.9 Å². The number of aromatic nitrogens is 2. The van der Waals surface area contributed by atoms with Crippen LogP contribution in [0.2, 0.25) is 5.15 Å². The summed E-state index contributed by atoms with van der Waals surface area (Å²) in [5.41, 5.74) is 11.5. The third-order valence-electron chi connectivity index (χ3n) is 3.92. The Labute approximate surface area is 183 Å². The number of halogens is 1. The summed E-state index contributed by atoms with van der Waals surface area (Å²) in [7, 11) is 3.05. The van der Waals surface area contributed by atoms with Crippen LogP contribution < -0.4 is 36.9 Å². The van der Waals surface area contributed by atoms with Crippen LogP contribution >= 0.6 is 11.6 Å². The number of ether oxygens (including phenoxy) is 2. The SMILES string of the molecule is COc1ccc(CC(=O)NCCNC(=N)NC(=O)c2nc(Cl)c(N)nc2N)cc1OC. The molecule has 1 aromatic carbocycles. The van der Waals surface area contributed by atoms with Gasteiger partial charge in [0.2, 0.25) is 5.91 Å². The van der Waals surface area contributed by atoms with Gasteiger partial charge in [-0.2, -0.15) is 0 Å². The van der Waals surface area contributed by atoms with Crippen LogP contribution in [0.3, 0.4) is 0 Å². The molecule has 0 spiro atoms. The van der Waals surface area contributed by atoms with Crippen molar-refractivity contribution < 1.29 is 19.1 Å². The Morgan fingerprint density at radius 2 is 1.74 bits per heavy atom. The van der Waals surface area contributed by atoms with Crippen LogP contribution in [-0.4, -0.2) is 55.1 Å². The maximum atomic E-state index is 12.1. The van der Waals surface area contributed by atoms with E-state index in [2.05, 4.69) is 25.9 Å². The minimum absolute atomic E-state index is 0.104. The summed E-state index contributed by atoms with van der Waals surface area (Å²) in [6, 6.07) is 5.21. The van der Waals surface area contributed by atoms with Gasteiger partial charge in [0.15, 0.2) is 39.9 Å². The highest BCUT2D eigenvalue weighted by Crippen LogP contribution is 2.27. The highest BCUT2D eigenvalue weighted by atomic mass is 35.5.